The van der Waals surface area contributed by atoms with Gasteiger partial charge in [0, 0.05) is 6.04 Å². The number of aromatic carboxylic acids is 1. The summed E-state index contributed by atoms with van der Waals surface area (Å²) in [5.74, 6) is -1.01. The Kier molecular flexibility index (Phi) is 3.41. The van der Waals surface area contributed by atoms with E-state index >= 15 is 0 Å². The highest BCUT2D eigenvalue weighted by Crippen LogP contribution is 2.37. The second-order valence-electron chi connectivity index (χ2n) is 5.32. The zero-order chi connectivity index (χ0) is 15.9. The van der Waals surface area contributed by atoms with Gasteiger partial charge < -0.3 is 5.11 Å². The summed E-state index contributed by atoms with van der Waals surface area (Å²) in [6, 6.07) is 12.6. The van der Waals surface area contributed by atoms with Gasteiger partial charge in [0.2, 0.25) is 0 Å². The van der Waals surface area contributed by atoms with Gasteiger partial charge in [0.25, 0.3) is 10.0 Å². The second-order valence-corrected chi connectivity index (χ2v) is 7.13. The summed E-state index contributed by atoms with van der Waals surface area (Å²) >= 11 is 0. The fourth-order valence-corrected chi connectivity index (χ4v) is 4.52. The molecule has 1 heterocycles. The van der Waals surface area contributed by atoms with Crippen LogP contribution in [0.1, 0.15) is 22.8 Å². The third kappa shape index (κ3) is 2.25. The Morgan fingerprint density at radius 2 is 1.86 bits per heavy atom. The molecule has 114 valence electrons. The van der Waals surface area contributed by atoms with Gasteiger partial charge in [-0.2, -0.15) is 0 Å². The van der Waals surface area contributed by atoms with Crippen LogP contribution in [-0.2, 0) is 16.4 Å². The van der Waals surface area contributed by atoms with E-state index in [2.05, 4.69) is 0 Å². The monoisotopic (exact) mass is 317 g/mol. The van der Waals surface area contributed by atoms with Crippen LogP contribution in [0.25, 0.3) is 0 Å². The minimum absolute atomic E-state index is 0.171. The van der Waals surface area contributed by atoms with E-state index in [0.29, 0.717) is 12.1 Å². The molecule has 0 spiro atoms. The van der Waals surface area contributed by atoms with E-state index in [-0.39, 0.29) is 16.5 Å². The largest absolute Gasteiger partial charge is 0.478 e. The molecular weight excluding hydrogens is 302 g/mol. The van der Waals surface area contributed by atoms with Gasteiger partial charge >= 0.3 is 5.97 Å². The number of rotatable bonds is 3. The predicted molar refractivity (Wildman–Crippen MR) is 82.7 cm³/mol. The van der Waals surface area contributed by atoms with Gasteiger partial charge in [0.05, 0.1) is 16.1 Å². The number of fused-ring (bicyclic) bond motifs is 1. The molecule has 1 N–H and O–H groups in total. The molecule has 1 aliphatic rings. The summed E-state index contributed by atoms with van der Waals surface area (Å²) in [7, 11) is -3.65. The van der Waals surface area contributed by atoms with Crippen LogP contribution < -0.4 is 4.31 Å². The van der Waals surface area contributed by atoms with Gasteiger partial charge in [-0.25, -0.2) is 13.2 Å². The predicted octanol–water partition coefficient (Wildman–Crippen LogP) is 2.52. The summed E-state index contributed by atoms with van der Waals surface area (Å²) in [6.45, 7) is 1.82. The summed E-state index contributed by atoms with van der Waals surface area (Å²) in [5, 5.41) is 9.05. The number of carboxylic acid groups (broad SMARTS) is 1. The second kappa shape index (κ2) is 5.14. The molecule has 0 bridgehead atoms. The molecule has 3 rings (SSSR count). The number of anilines is 1. The van der Waals surface area contributed by atoms with E-state index in [1.807, 2.05) is 6.92 Å². The topological polar surface area (TPSA) is 74.7 Å². The molecule has 2 aromatic rings. The fraction of sp³-hybridized carbons (Fsp3) is 0.188. The van der Waals surface area contributed by atoms with Crippen LogP contribution in [0.4, 0.5) is 5.69 Å². The number of hydrogen-bond acceptors (Lipinski definition) is 3. The number of benzene rings is 2. The van der Waals surface area contributed by atoms with Crippen LogP contribution in [0.2, 0.25) is 0 Å². The third-order valence-electron chi connectivity index (χ3n) is 3.78. The Hall–Kier alpha value is -2.34. The van der Waals surface area contributed by atoms with Crippen LogP contribution in [0, 0.1) is 0 Å². The SMILES string of the molecule is C[C@H]1Cc2cc(C(=O)O)ccc2N1S(=O)(=O)c1ccccc1. The molecule has 0 amide bonds. The van der Waals surface area contributed by atoms with Gasteiger partial charge in [-0.05, 0) is 49.2 Å². The maximum absolute atomic E-state index is 12.8. The fourth-order valence-electron chi connectivity index (χ4n) is 2.81. The minimum Gasteiger partial charge on any atom is -0.478 e. The molecule has 1 aliphatic heterocycles. The Bertz CT molecular complexity index is 830. The first-order valence-corrected chi connectivity index (χ1v) is 8.31. The first-order chi connectivity index (χ1) is 10.4. The zero-order valence-corrected chi connectivity index (χ0v) is 12.7. The van der Waals surface area contributed by atoms with Crippen molar-refractivity contribution < 1.29 is 18.3 Å². The van der Waals surface area contributed by atoms with Gasteiger partial charge in [-0.1, -0.05) is 18.2 Å². The highest BCUT2D eigenvalue weighted by molar-refractivity contribution is 7.92. The standard InChI is InChI=1S/C16H15NO4S/c1-11-9-13-10-12(16(18)19)7-8-15(13)17(11)22(20,21)14-5-3-2-4-6-14/h2-8,10-11H,9H2,1H3,(H,18,19)/t11-/m0/s1. The molecule has 0 unspecified atom stereocenters. The Balaban J connectivity index is 2.09. The molecule has 22 heavy (non-hydrogen) atoms. The average Bonchev–Trinajstić information content (AvgIpc) is 2.83. The smallest absolute Gasteiger partial charge is 0.335 e. The Morgan fingerprint density at radius 1 is 1.18 bits per heavy atom. The number of carboxylic acids is 1. The quantitative estimate of drug-likeness (QED) is 0.944. The van der Waals surface area contributed by atoms with Crippen molar-refractivity contribution in [1.82, 2.24) is 0 Å². The molecule has 2 aromatic carbocycles. The molecule has 0 aromatic heterocycles. The lowest BCUT2D eigenvalue weighted by molar-refractivity contribution is 0.0697. The van der Waals surface area contributed by atoms with Crippen molar-refractivity contribution in [3.63, 3.8) is 0 Å². The van der Waals surface area contributed by atoms with E-state index in [4.69, 9.17) is 5.11 Å². The average molecular weight is 317 g/mol. The highest BCUT2D eigenvalue weighted by Gasteiger charge is 2.36. The van der Waals surface area contributed by atoms with Crippen molar-refractivity contribution in [2.75, 3.05) is 4.31 Å². The summed E-state index contributed by atoms with van der Waals surface area (Å²) < 4.78 is 27.1. The lowest BCUT2D eigenvalue weighted by atomic mass is 10.1. The van der Waals surface area contributed by atoms with Crippen molar-refractivity contribution in [1.29, 1.82) is 0 Å². The first kappa shape index (κ1) is 14.6. The van der Waals surface area contributed by atoms with Gasteiger partial charge in [0.15, 0.2) is 0 Å². The normalized spacial score (nSPS) is 17.3. The van der Waals surface area contributed by atoms with E-state index in [1.165, 1.54) is 10.4 Å². The molecular formula is C16H15NO4S. The van der Waals surface area contributed by atoms with Crippen molar-refractivity contribution in [3.8, 4) is 0 Å². The van der Waals surface area contributed by atoms with E-state index < -0.39 is 16.0 Å². The Labute approximate surface area is 128 Å². The van der Waals surface area contributed by atoms with Crippen molar-refractivity contribution in [2.45, 2.75) is 24.3 Å². The van der Waals surface area contributed by atoms with Crippen molar-refractivity contribution >= 4 is 21.7 Å². The molecule has 0 saturated carbocycles. The van der Waals surface area contributed by atoms with Crippen LogP contribution >= 0.6 is 0 Å². The van der Waals surface area contributed by atoms with E-state index in [9.17, 15) is 13.2 Å². The number of hydrogen-bond donors (Lipinski definition) is 1. The molecule has 6 heteroatoms. The Morgan fingerprint density at radius 3 is 2.50 bits per heavy atom. The lowest BCUT2D eigenvalue weighted by Crippen LogP contribution is -2.35. The zero-order valence-electron chi connectivity index (χ0n) is 11.9. The van der Waals surface area contributed by atoms with Crippen molar-refractivity contribution in [3.05, 3.63) is 59.7 Å². The summed E-state index contributed by atoms with van der Waals surface area (Å²) in [6.07, 6.45) is 0.502. The van der Waals surface area contributed by atoms with Crippen LogP contribution in [-0.4, -0.2) is 25.5 Å². The molecule has 0 saturated heterocycles. The van der Waals surface area contributed by atoms with E-state index in [1.54, 1.807) is 42.5 Å². The number of nitrogens with zero attached hydrogens (tertiary/aromatic N) is 1. The molecule has 0 fully saturated rings. The van der Waals surface area contributed by atoms with Gasteiger partial charge in [-0.15, -0.1) is 0 Å². The van der Waals surface area contributed by atoms with Crippen LogP contribution in [0.3, 0.4) is 0 Å². The summed E-state index contributed by atoms with van der Waals surface area (Å²) in [5.41, 5.74) is 1.47. The highest BCUT2D eigenvalue weighted by atomic mass is 32.2. The summed E-state index contributed by atoms with van der Waals surface area (Å²) in [4.78, 5) is 11.3. The first-order valence-electron chi connectivity index (χ1n) is 6.87. The van der Waals surface area contributed by atoms with E-state index in [0.717, 1.165) is 5.56 Å². The maximum atomic E-state index is 12.8. The number of sulfonamides is 1. The molecule has 1 atom stereocenters. The maximum Gasteiger partial charge on any atom is 0.335 e. The van der Waals surface area contributed by atoms with Gasteiger partial charge in [0.1, 0.15) is 0 Å². The van der Waals surface area contributed by atoms with Crippen molar-refractivity contribution in [2.24, 2.45) is 0 Å². The van der Waals surface area contributed by atoms with Crippen LogP contribution in [0.5, 0.6) is 0 Å². The minimum atomic E-state index is -3.65. The molecule has 0 radical (unpaired) electrons. The van der Waals surface area contributed by atoms with Crippen LogP contribution in [0.15, 0.2) is 53.4 Å². The van der Waals surface area contributed by atoms with Gasteiger partial charge in [-0.3, -0.25) is 4.31 Å². The number of carbonyl (C=O) groups is 1. The molecule has 5 nitrogen and oxygen atoms in total. The lowest BCUT2D eigenvalue weighted by Gasteiger charge is -2.24. The molecule has 0 aliphatic carbocycles. The third-order valence-corrected chi connectivity index (χ3v) is 5.72.